The third-order valence-electron chi connectivity index (χ3n) is 3.63. The molecule has 1 aliphatic heterocycles. The van der Waals surface area contributed by atoms with Crippen molar-refractivity contribution >= 4 is 23.1 Å². The van der Waals surface area contributed by atoms with Crippen LogP contribution < -0.4 is 0 Å². The minimum Gasteiger partial charge on any atom is -0.443 e. The first-order valence-electron chi connectivity index (χ1n) is 8.17. The van der Waals surface area contributed by atoms with E-state index in [1.807, 2.05) is 57.2 Å². The van der Waals surface area contributed by atoms with Crippen molar-refractivity contribution in [3.63, 3.8) is 0 Å². The molecule has 1 aliphatic rings. The van der Waals surface area contributed by atoms with Gasteiger partial charge in [0, 0.05) is 18.0 Å². The second kappa shape index (κ2) is 6.79. The van der Waals surface area contributed by atoms with Crippen molar-refractivity contribution in [3.8, 4) is 0 Å². The third kappa shape index (κ3) is 4.04. The van der Waals surface area contributed by atoms with E-state index in [1.54, 1.807) is 6.20 Å². The Balaban J connectivity index is 1.73. The van der Waals surface area contributed by atoms with E-state index >= 15 is 0 Å². The van der Waals surface area contributed by atoms with Gasteiger partial charge < -0.3 is 14.2 Å². The highest BCUT2D eigenvalue weighted by atomic mass is 16.7. The van der Waals surface area contributed by atoms with Crippen molar-refractivity contribution in [1.82, 2.24) is 4.57 Å². The van der Waals surface area contributed by atoms with Crippen molar-refractivity contribution in [2.24, 2.45) is 0 Å². The zero-order valence-corrected chi connectivity index (χ0v) is 14.3. The summed E-state index contributed by atoms with van der Waals surface area (Å²) in [6.07, 6.45) is 6.07. The standard InChI is InChI=1S/C19H23NO4/c1-19(2,3)24-18(21)20-10-9-15-13-14(7-8-16(15)20)5-4-6-17-22-11-12-23-17/h4-5,7-10,13,17H,6,11-12H2,1-3H3. The number of carbonyl (C=O) groups excluding carboxylic acids is 1. The maximum Gasteiger partial charge on any atom is 0.418 e. The Kier molecular flexibility index (Phi) is 4.73. The summed E-state index contributed by atoms with van der Waals surface area (Å²) in [5.74, 6) is 0. The van der Waals surface area contributed by atoms with Gasteiger partial charge >= 0.3 is 6.09 Å². The molecule has 1 aromatic heterocycles. The first kappa shape index (κ1) is 16.7. The van der Waals surface area contributed by atoms with Gasteiger partial charge in [-0.25, -0.2) is 4.79 Å². The largest absolute Gasteiger partial charge is 0.443 e. The molecule has 0 amide bonds. The lowest BCUT2D eigenvalue weighted by Crippen LogP contribution is -2.26. The average molecular weight is 329 g/mol. The summed E-state index contributed by atoms with van der Waals surface area (Å²) in [4.78, 5) is 12.2. The smallest absolute Gasteiger partial charge is 0.418 e. The molecule has 24 heavy (non-hydrogen) atoms. The summed E-state index contributed by atoms with van der Waals surface area (Å²) in [7, 11) is 0. The minimum atomic E-state index is -0.513. The van der Waals surface area contributed by atoms with Crippen molar-refractivity contribution < 1.29 is 19.0 Å². The predicted molar refractivity (Wildman–Crippen MR) is 92.9 cm³/mol. The molecule has 0 unspecified atom stereocenters. The molecular formula is C19H23NO4. The molecule has 1 saturated heterocycles. The van der Waals surface area contributed by atoms with Gasteiger partial charge in [-0.05, 0) is 44.5 Å². The van der Waals surface area contributed by atoms with Crippen LogP contribution in [0.25, 0.3) is 17.0 Å². The molecule has 128 valence electrons. The van der Waals surface area contributed by atoms with Crippen LogP contribution in [-0.4, -0.2) is 35.8 Å². The van der Waals surface area contributed by atoms with Gasteiger partial charge in [0.1, 0.15) is 5.60 Å². The van der Waals surface area contributed by atoms with E-state index in [-0.39, 0.29) is 12.4 Å². The van der Waals surface area contributed by atoms with Crippen LogP contribution in [0.4, 0.5) is 4.79 Å². The molecule has 0 spiro atoms. The number of aromatic nitrogens is 1. The number of benzene rings is 1. The predicted octanol–water partition coefficient (Wildman–Crippen LogP) is 4.20. The first-order valence-corrected chi connectivity index (χ1v) is 8.17. The lowest BCUT2D eigenvalue weighted by Gasteiger charge is -2.19. The molecule has 1 aromatic carbocycles. The Hall–Kier alpha value is -2.11. The molecule has 0 bridgehead atoms. The van der Waals surface area contributed by atoms with Gasteiger partial charge in [-0.15, -0.1) is 0 Å². The maximum atomic E-state index is 12.2. The highest BCUT2D eigenvalue weighted by Crippen LogP contribution is 2.21. The quantitative estimate of drug-likeness (QED) is 0.847. The summed E-state index contributed by atoms with van der Waals surface area (Å²) in [6.45, 7) is 6.91. The molecule has 2 heterocycles. The van der Waals surface area contributed by atoms with Gasteiger partial charge in [-0.3, -0.25) is 4.57 Å². The van der Waals surface area contributed by atoms with E-state index in [4.69, 9.17) is 14.2 Å². The van der Waals surface area contributed by atoms with E-state index < -0.39 is 5.60 Å². The highest BCUT2D eigenvalue weighted by Gasteiger charge is 2.19. The molecule has 2 aromatic rings. The Morgan fingerprint density at radius 3 is 2.75 bits per heavy atom. The molecule has 5 nitrogen and oxygen atoms in total. The Morgan fingerprint density at radius 2 is 2.04 bits per heavy atom. The molecule has 0 N–H and O–H groups in total. The lowest BCUT2D eigenvalue weighted by atomic mass is 10.1. The van der Waals surface area contributed by atoms with E-state index in [9.17, 15) is 4.79 Å². The van der Waals surface area contributed by atoms with Gasteiger partial charge in [-0.1, -0.05) is 18.2 Å². The first-order chi connectivity index (χ1) is 11.4. The fourth-order valence-corrected chi connectivity index (χ4v) is 2.59. The van der Waals surface area contributed by atoms with Crippen LogP contribution in [-0.2, 0) is 14.2 Å². The second-order valence-electron chi connectivity index (χ2n) is 6.79. The number of fused-ring (bicyclic) bond motifs is 1. The van der Waals surface area contributed by atoms with Gasteiger partial charge in [-0.2, -0.15) is 0 Å². The number of ether oxygens (including phenoxy) is 3. The van der Waals surface area contributed by atoms with E-state index in [0.717, 1.165) is 22.9 Å². The van der Waals surface area contributed by atoms with Gasteiger partial charge in [0.15, 0.2) is 6.29 Å². The Labute approximate surface area is 141 Å². The molecular weight excluding hydrogens is 306 g/mol. The zero-order valence-electron chi connectivity index (χ0n) is 14.3. The summed E-state index contributed by atoms with van der Waals surface area (Å²) >= 11 is 0. The van der Waals surface area contributed by atoms with E-state index in [0.29, 0.717) is 13.2 Å². The Morgan fingerprint density at radius 1 is 1.29 bits per heavy atom. The van der Waals surface area contributed by atoms with Gasteiger partial charge in [0.05, 0.1) is 18.7 Å². The number of hydrogen-bond acceptors (Lipinski definition) is 4. The normalized spacial score (nSPS) is 16.3. The van der Waals surface area contributed by atoms with E-state index in [2.05, 4.69) is 0 Å². The molecule has 3 rings (SSSR count). The second-order valence-corrected chi connectivity index (χ2v) is 6.79. The topological polar surface area (TPSA) is 49.7 Å². The van der Waals surface area contributed by atoms with Gasteiger partial charge in [0.25, 0.3) is 0 Å². The van der Waals surface area contributed by atoms with Crippen molar-refractivity contribution in [3.05, 3.63) is 42.1 Å². The third-order valence-corrected chi connectivity index (χ3v) is 3.63. The lowest BCUT2D eigenvalue weighted by molar-refractivity contribution is -0.0379. The monoisotopic (exact) mass is 329 g/mol. The van der Waals surface area contributed by atoms with Crippen LogP contribution in [0.1, 0.15) is 32.8 Å². The van der Waals surface area contributed by atoms with Crippen LogP contribution in [0, 0.1) is 0 Å². The Bertz CT molecular complexity index is 748. The fourth-order valence-electron chi connectivity index (χ4n) is 2.59. The number of rotatable bonds is 3. The van der Waals surface area contributed by atoms with Crippen LogP contribution in [0.15, 0.2) is 36.5 Å². The van der Waals surface area contributed by atoms with Crippen molar-refractivity contribution in [2.75, 3.05) is 13.2 Å². The van der Waals surface area contributed by atoms with Crippen LogP contribution in [0.3, 0.4) is 0 Å². The van der Waals surface area contributed by atoms with Gasteiger partial charge in [0.2, 0.25) is 0 Å². The van der Waals surface area contributed by atoms with Crippen LogP contribution in [0.5, 0.6) is 0 Å². The van der Waals surface area contributed by atoms with Crippen molar-refractivity contribution in [2.45, 2.75) is 39.1 Å². The fraction of sp³-hybridized carbons (Fsp3) is 0.421. The summed E-state index contributed by atoms with van der Waals surface area (Å²) in [6, 6.07) is 7.88. The minimum absolute atomic E-state index is 0.127. The zero-order chi connectivity index (χ0) is 17.2. The molecule has 0 radical (unpaired) electrons. The summed E-state index contributed by atoms with van der Waals surface area (Å²) in [5.41, 5.74) is 1.40. The van der Waals surface area contributed by atoms with E-state index in [1.165, 1.54) is 4.57 Å². The molecule has 0 atom stereocenters. The van der Waals surface area contributed by atoms with Crippen molar-refractivity contribution in [1.29, 1.82) is 0 Å². The molecule has 0 saturated carbocycles. The SMILES string of the molecule is CC(C)(C)OC(=O)n1ccc2cc(C=CCC3OCCO3)ccc21. The van der Waals surface area contributed by atoms with Crippen LogP contribution in [0.2, 0.25) is 0 Å². The summed E-state index contributed by atoms with van der Waals surface area (Å²) in [5, 5.41) is 0.997. The number of carbonyl (C=O) groups is 1. The average Bonchev–Trinajstić information content (AvgIpc) is 3.14. The molecule has 5 heteroatoms. The number of hydrogen-bond donors (Lipinski definition) is 0. The number of nitrogens with zero attached hydrogens (tertiary/aromatic N) is 1. The molecule has 0 aliphatic carbocycles. The summed E-state index contributed by atoms with van der Waals surface area (Å²) < 4.78 is 17.8. The molecule has 1 fully saturated rings. The highest BCUT2D eigenvalue weighted by molar-refractivity contribution is 5.90. The maximum absolute atomic E-state index is 12.2. The van der Waals surface area contributed by atoms with Crippen LogP contribution >= 0.6 is 0 Å².